The van der Waals surface area contributed by atoms with Crippen LogP contribution in [0.2, 0.25) is 0 Å². The monoisotopic (exact) mass is 208 g/mol. The van der Waals surface area contributed by atoms with Crippen LogP contribution in [-0.4, -0.2) is 14.1 Å². The summed E-state index contributed by atoms with van der Waals surface area (Å²) in [5.41, 5.74) is 1.22. The molecule has 1 rings (SSSR count). The SMILES string of the molecule is CN(C)c1cc[nH+]cc1.[Rb+]. The molecule has 10 heavy (non-hydrogen) atoms. The van der Waals surface area contributed by atoms with Crippen LogP contribution in [0.15, 0.2) is 24.5 Å². The molecule has 0 fully saturated rings. The predicted molar refractivity (Wildman–Crippen MR) is 37.3 cm³/mol. The molecule has 0 saturated carbocycles. The average molecular weight is 209 g/mol. The molecule has 1 heterocycles. The fraction of sp³-hybridized carbons (Fsp3) is 0.286. The Hall–Kier alpha value is 0.755. The van der Waals surface area contributed by atoms with Crippen LogP contribution in [0.5, 0.6) is 0 Å². The fourth-order valence-electron chi connectivity index (χ4n) is 0.676. The maximum atomic E-state index is 2.96. The van der Waals surface area contributed by atoms with Gasteiger partial charge in [-0.05, 0) is 0 Å². The Labute approximate surface area is 110 Å². The van der Waals surface area contributed by atoms with E-state index in [0.29, 0.717) is 0 Å². The summed E-state index contributed by atoms with van der Waals surface area (Å²) < 4.78 is 0. The van der Waals surface area contributed by atoms with E-state index in [1.54, 1.807) is 0 Å². The van der Waals surface area contributed by atoms with Crippen LogP contribution in [0.4, 0.5) is 5.69 Å². The molecule has 0 aliphatic rings. The molecule has 0 amide bonds. The molecule has 1 aromatic rings. The minimum atomic E-state index is 0. The summed E-state index contributed by atoms with van der Waals surface area (Å²) in [4.78, 5) is 5.02. The zero-order chi connectivity index (χ0) is 6.69. The largest absolute Gasteiger partial charge is 1.00 e. The van der Waals surface area contributed by atoms with Crippen LogP contribution in [0.25, 0.3) is 0 Å². The Bertz CT molecular complexity index is 174. The number of aromatic nitrogens is 1. The quantitative estimate of drug-likeness (QED) is 0.502. The Morgan fingerprint density at radius 3 is 2.00 bits per heavy atom. The third kappa shape index (κ3) is 3.24. The minimum Gasteiger partial charge on any atom is -0.377 e. The number of nitrogens with zero attached hydrogens (tertiary/aromatic N) is 1. The fourth-order valence-corrected chi connectivity index (χ4v) is 0.676. The van der Waals surface area contributed by atoms with Crippen molar-refractivity contribution in [3.63, 3.8) is 0 Å². The molecule has 2 nitrogen and oxygen atoms in total. The second kappa shape index (κ2) is 5.41. The van der Waals surface area contributed by atoms with Gasteiger partial charge < -0.3 is 4.90 Å². The van der Waals surface area contributed by atoms with Gasteiger partial charge in [-0.25, -0.2) is 4.98 Å². The van der Waals surface area contributed by atoms with Gasteiger partial charge in [-0.3, -0.25) is 0 Å². The summed E-state index contributed by atoms with van der Waals surface area (Å²) >= 11 is 0. The van der Waals surface area contributed by atoms with Gasteiger partial charge in [-0.2, -0.15) is 0 Å². The first-order valence-electron chi connectivity index (χ1n) is 2.94. The first-order chi connectivity index (χ1) is 4.30. The average Bonchev–Trinajstić information content (AvgIpc) is 1.90. The number of anilines is 1. The van der Waals surface area contributed by atoms with Crippen molar-refractivity contribution in [3.8, 4) is 0 Å². The number of aromatic amines is 1. The number of H-pyrrole nitrogens is 1. The van der Waals surface area contributed by atoms with Crippen molar-refractivity contribution in [2.24, 2.45) is 0 Å². The van der Waals surface area contributed by atoms with E-state index in [0.717, 1.165) is 0 Å². The number of pyridine rings is 1. The van der Waals surface area contributed by atoms with Crippen LogP contribution < -0.4 is 68.1 Å². The molecule has 0 atom stereocenters. The molecule has 0 aromatic carbocycles. The Morgan fingerprint density at radius 2 is 1.70 bits per heavy atom. The van der Waals surface area contributed by atoms with Gasteiger partial charge in [0.2, 0.25) is 0 Å². The third-order valence-electron chi connectivity index (χ3n) is 1.22. The van der Waals surface area contributed by atoms with Crippen molar-refractivity contribution in [2.75, 3.05) is 19.0 Å². The zero-order valence-corrected chi connectivity index (χ0v) is 11.7. The molecule has 1 aromatic heterocycles. The van der Waals surface area contributed by atoms with E-state index in [-0.39, 0.29) is 58.2 Å². The summed E-state index contributed by atoms with van der Waals surface area (Å²) in [6.45, 7) is 0. The van der Waals surface area contributed by atoms with Gasteiger partial charge in [0.1, 0.15) is 0 Å². The zero-order valence-electron chi connectivity index (χ0n) is 6.76. The number of nitrogens with one attached hydrogen (secondary N) is 1. The molecule has 3 heteroatoms. The second-order valence-corrected chi connectivity index (χ2v) is 2.15. The van der Waals surface area contributed by atoms with Crippen molar-refractivity contribution in [1.29, 1.82) is 0 Å². The van der Waals surface area contributed by atoms with Gasteiger partial charge in [0.25, 0.3) is 0 Å². The van der Waals surface area contributed by atoms with Gasteiger partial charge in [0, 0.05) is 31.9 Å². The normalized spacial score (nSPS) is 8.20. The summed E-state index contributed by atoms with van der Waals surface area (Å²) in [5, 5.41) is 0. The van der Waals surface area contributed by atoms with E-state index >= 15 is 0 Å². The topological polar surface area (TPSA) is 17.4 Å². The molecule has 48 valence electrons. The van der Waals surface area contributed by atoms with E-state index in [4.69, 9.17) is 0 Å². The molecule has 1 N–H and O–H groups in total. The van der Waals surface area contributed by atoms with E-state index < -0.39 is 0 Å². The maximum Gasteiger partial charge on any atom is 1.00 e. The molecular weight excluding hydrogens is 198 g/mol. The molecular formula is C7H11N2Rb+2. The third-order valence-corrected chi connectivity index (χ3v) is 1.22. The molecule has 0 aliphatic heterocycles. The molecule has 0 aliphatic carbocycles. The van der Waals surface area contributed by atoms with E-state index in [1.807, 2.05) is 38.6 Å². The van der Waals surface area contributed by atoms with Gasteiger partial charge in [0.15, 0.2) is 12.4 Å². The smallest absolute Gasteiger partial charge is 0.377 e. The Balaban J connectivity index is 0.000000810. The molecule has 0 bridgehead atoms. The number of hydrogen-bond acceptors (Lipinski definition) is 1. The first-order valence-corrected chi connectivity index (χ1v) is 2.94. The maximum absolute atomic E-state index is 2.96. The second-order valence-electron chi connectivity index (χ2n) is 2.15. The van der Waals surface area contributed by atoms with Crippen LogP contribution >= 0.6 is 0 Å². The van der Waals surface area contributed by atoms with E-state index in [2.05, 4.69) is 9.88 Å². The van der Waals surface area contributed by atoms with Gasteiger partial charge in [0.05, 0.1) is 0 Å². The van der Waals surface area contributed by atoms with Crippen LogP contribution in [0.3, 0.4) is 0 Å². The van der Waals surface area contributed by atoms with Crippen molar-refractivity contribution >= 4 is 5.69 Å². The predicted octanol–water partition coefficient (Wildman–Crippen LogP) is -2.43. The molecule has 0 unspecified atom stereocenters. The Kier molecular flexibility index (Phi) is 5.82. The van der Waals surface area contributed by atoms with Gasteiger partial charge >= 0.3 is 58.2 Å². The molecule has 0 saturated heterocycles. The van der Waals surface area contributed by atoms with Crippen molar-refractivity contribution in [3.05, 3.63) is 24.5 Å². The summed E-state index contributed by atoms with van der Waals surface area (Å²) in [6.07, 6.45) is 3.82. The van der Waals surface area contributed by atoms with Crippen molar-refractivity contribution in [1.82, 2.24) is 0 Å². The van der Waals surface area contributed by atoms with Crippen LogP contribution in [-0.2, 0) is 0 Å². The standard InChI is InChI=1S/C7H10N2.Rb/c1-9(2)7-3-5-8-6-4-7;/h3-6H,1-2H3;/q;+1/p+1. The van der Waals surface area contributed by atoms with E-state index in [9.17, 15) is 0 Å². The van der Waals surface area contributed by atoms with Crippen LogP contribution in [0, 0.1) is 0 Å². The van der Waals surface area contributed by atoms with E-state index in [1.165, 1.54) is 5.69 Å². The molecule has 0 radical (unpaired) electrons. The summed E-state index contributed by atoms with van der Waals surface area (Å²) in [5.74, 6) is 0. The van der Waals surface area contributed by atoms with Crippen molar-refractivity contribution < 1.29 is 63.2 Å². The summed E-state index contributed by atoms with van der Waals surface area (Å²) in [7, 11) is 4.05. The van der Waals surface area contributed by atoms with Gasteiger partial charge in [-0.15, -0.1) is 0 Å². The van der Waals surface area contributed by atoms with Crippen LogP contribution in [0.1, 0.15) is 0 Å². The molecule has 0 spiro atoms. The first kappa shape index (κ1) is 10.8. The minimum absolute atomic E-state index is 0. The summed E-state index contributed by atoms with van der Waals surface area (Å²) in [6, 6.07) is 4.06. The van der Waals surface area contributed by atoms with Gasteiger partial charge in [-0.1, -0.05) is 0 Å². The van der Waals surface area contributed by atoms with Crippen molar-refractivity contribution in [2.45, 2.75) is 0 Å². The Morgan fingerprint density at radius 1 is 1.20 bits per heavy atom. The number of rotatable bonds is 1. The number of hydrogen-bond donors (Lipinski definition) is 0.